The highest BCUT2D eigenvalue weighted by atomic mass is 16.6. The van der Waals surface area contributed by atoms with Crippen LogP contribution in [0.1, 0.15) is 36.0 Å². The van der Waals surface area contributed by atoms with Crippen LogP contribution in [0.5, 0.6) is 5.75 Å². The van der Waals surface area contributed by atoms with Gasteiger partial charge in [0.2, 0.25) is 11.8 Å². The summed E-state index contributed by atoms with van der Waals surface area (Å²) in [5, 5.41) is 2.81. The number of hydrogen-bond donors (Lipinski definition) is 1. The van der Waals surface area contributed by atoms with Crippen molar-refractivity contribution < 1.29 is 28.6 Å². The van der Waals surface area contributed by atoms with Gasteiger partial charge in [0.15, 0.2) is 5.78 Å². The van der Waals surface area contributed by atoms with Crippen molar-refractivity contribution in [1.29, 1.82) is 0 Å². The van der Waals surface area contributed by atoms with Crippen LogP contribution in [-0.4, -0.2) is 73.7 Å². The summed E-state index contributed by atoms with van der Waals surface area (Å²) in [4.78, 5) is 39.0. The Hall–Kier alpha value is -2.45. The number of fused-ring (bicyclic) bond motifs is 1. The molecule has 3 aliphatic rings. The molecule has 1 aromatic rings. The van der Waals surface area contributed by atoms with Gasteiger partial charge in [-0.2, -0.15) is 0 Å². The van der Waals surface area contributed by atoms with E-state index >= 15 is 0 Å². The minimum Gasteiger partial charge on any atom is -0.486 e. The van der Waals surface area contributed by atoms with Crippen molar-refractivity contribution >= 4 is 17.6 Å². The average Bonchev–Trinajstić information content (AvgIpc) is 2.87. The van der Waals surface area contributed by atoms with Gasteiger partial charge in [0.1, 0.15) is 11.4 Å². The molecule has 0 aromatic heterocycles. The Labute approximate surface area is 169 Å². The third-order valence-electron chi connectivity index (χ3n) is 5.73. The van der Waals surface area contributed by atoms with Gasteiger partial charge in [-0.1, -0.05) is 12.1 Å². The van der Waals surface area contributed by atoms with Crippen LogP contribution < -0.4 is 10.1 Å². The van der Waals surface area contributed by atoms with E-state index in [1.165, 1.54) is 0 Å². The average molecular weight is 402 g/mol. The molecule has 0 saturated carbocycles. The van der Waals surface area contributed by atoms with E-state index in [1.807, 2.05) is 12.1 Å². The van der Waals surface area contributed by atoms with Crippen molar-refractivity contribution in [1.82, 2.24) is 10.2 Å². The molecular weight excluding hydrogens is 376 g/mol. The van der Waals surface area contributed by atoms with Crippen LogP contribution in [0.15, 0.2) is 24.3 Å². The number of carbonyl (C=O) groups excluding carboxylic acids is 3. The number of nitrogens with one attached hydrogen (secondary N) is 1. The van der Waals surface area contributed by atoms with Gasteiger partial charge in [-0.15, -0.1) is 0 Å². The molecule has 3 heterocycles. The molecule has 2 atom stereocenters. The van der Waals surface area contributed by atoms with E-state index in [1.54, 1.807) is 17.0 Å². The van der Waals surface area contributed by atoms with E-state index in [9.17, 15) is 14.4 Å². The van der Waals surface area contributed by atoms with Crippen LogP contribution in [0.25, 0.3) is 0 Å². The van der Waals surface area contributed by atoms with Crippen molar-refractivity contribution in [2.45, 2.75) is 37.4 Å². The molecular formula is C21H26N2O6. The van der Waals surface area contributed by atoms with Gasteiger partial charge < -0.3 is 24.4 Å². The second kappa shape index (κ2) is 8.51. The third kappa shape index (κ3) is 4.59. The van der Waals surface area contributed by atoms with E-state index in [0.29, 0.717) is 57.1 Å². The van der Waals surface area contributed by atoms with Gasteiger partial charge in [0.05, 0.1) is 44.5 Å². The molecule has 0 unspecified atom stereocenters. The lowest BCUT2D eigenvalue weighted by Gasteiger charge is -2.37. The molecule has 0 radical (unpaired) electrons. The number of ether oxygens (including phenoxy) is 3. The Morgan fingerprint density at radius 1 is 1.21 bits per heavy atom. The lowest BCUT2D eigenvalue weighted by Crippen LogP contribution is -2.45. The molecule has 1 aromatic carbocycles. The smallest absolute Gasteiger partial charge is 0.239 e. The first-order valence-corrected chi connectivity index (χ1v) is 10.1. The molecule has 29 heavy (non-hydrogen) atoms. The Bertz CT molecular complexity index is 791. The lowest BCUT2D eigenvalue weighted by molar-refractivity contribution is -0.136. The van der Waals surface area contributed by atoms with E-state index < -0.39 is 5.60 Å². The zero-order valence-corrected chi connectivity index (χ0v) is 16.4. The highest BCUT2D eigenvalue weighted by molar-refractivity contribution is 6.00. The topological polar surface area (TPSA) is 94.2 Å². The molecule has 1 spiro atoms. The maximum Gasteiger partial charge on any atom is 0.239 e. The van der Waals surface area contributed by atoms with E-state index in [2.05, 4.69) is 5.32 Å². The predicted molar refractivity (Wildman–Crippen MR) is 103 cm³/mol. The van der Waals surface area contributed by atoms with Crippen molar-refractivity contribution in [3.05, 3.63) is 29.8 Å². The SMILES string of the molecule is O=C(CN1CC[C@]2(CCC1=O)CC(=O)c1ccccc1O2)NC[C@@H]1COCCO1. The number of Topliss-reactive ketones (excluding diaryl/α,β-unsaturated/α-hetero) is 1. The minimum atomic E-state index is -0.681. The zero-order valence-electron chi connectivity index (χ0n) is 16.4. The molecule has 0 aliphatic carbocycles. The summed E-state index contributed by atoms with van der Waals surface area (Å²) in [5.41, 5.74) is -0.0848. The van der Waals surface area contributed by atoms with Crippen LogP contribution in [-0.2, 0) is 19.1 Å². The Morgan fingerprint density at radius 3 is 2.90 bits per heavy atom. The monoisotopic (exact) mass is 402 g/mol. The van der Waals surface area contributed by atoms with Crippen LogP contribution in [0.4, 0.5) is 0 Å². The van der Waals surface area contributed by atoms with Crippen LogP contribution in [0.3, 0.4) is 0 Å². The number of ketones is 1. The first-order chi connectivity index (χ1) is 14.0. The molecule has 4 rings (SSSR count). The van der Waals surface area contributed by atoms with Crippen LogP contribution in [0, 0.1) is 0 Å². The van der Waals surface area contributed by atoms with E-state index in [4.69, 9.17) is 14.2 Å². The maximum atomic E-state index is 12.6. The fraction of sp³-hybridized carbons (Fsp3) is 0.571. The fourth-order valence-electron chi connectivity index (χ4n) is 4.08. The molecule has 0 bridgehead atoms. The first-order valence-electron chi connectivity index (χ1n) is 10.1. The van der Waals surface area contributed by atoms with Crippen molar-refractivity contribution in [2.75, 3.05) is 39.5 Å². The number of para-hydroxylation sites is 1. The molecule has 2 amide bonds. The van der Waals surface area contributed by atoms with Crippen molar-refractivity contribution in [2.24, 2.45) is 0 Å². The van der Waals surface area contributed by atoms with Gasteiger partial charge >= 0.3 is 0 Å². The summed E-state index contributed by atoms with van der Waals surface area (Å²) in [7, 11) is 0. The number of hydrogen-bond acceptors (Lipinski definition) is 6. The normalized spacial score (nSPS) is 27.2. The Morgan fingerprint density at radius 2 is 2.07 bits per heavy atom. The summed E-state index contributed by atoms with van der Waals surface area (Å²) in [6, 6.07) is 7.22. The largest absolute Gasteiger partial charge is 0.486 e. The van der Waals surface area contributed by atoms with Gasteiger partial charge in [-0.25, -0.2) is 0 Å². The highest BCUT2D eigenvalue weighted by Gasteiger charge is 2.43. The zero-order chi connectivity index (χ0) is 20.3. The summed E-state index contributed by atoms with van der Waals surface area (Å²) in [6.07, 6.45) is 1.35. The van der Waals surface area contributed by atoms with Gasteiger partial charge in [0, 0.05) is 25.9 Å². The Kier molecular flexibility index (Phi) is 5.82. The van der Waals surface area contributed by atoms with Gasteiger partial charge in [-0.3, -0.25) is 14.4 Å². The third-order valence-corrected chi connectivity index (χ3v) is 5.73. The predicted octanol–water partition coefficient (Wildman–Crippen LogP) is 0.935. The van der Waals surface area contributed by atoms with Crippen LogP contribution >= 0.6 is 0 Å². The Balaban J connectivity index is 1.34. The summed E-state index contributed by atoms with van der Waals surface area (Å²) in [6.45, 7) is 2.29. The number of likely N-dealkylation sites (tertiary alicyclic amines) is 1. The molecule has 156 valence electrons. The number of benzene rings is 1. The second-order valence-electron chi connectivity index (χ2n) is 7.82. The molecule has 8 nitrogen and oxygen atoms in total. The number of amides is 2. The fourth-order valence-corrected chi connectivity index (χ4v) is 4.08. The standard InChI is InChI=1S/C21H26N2O6/c24-17-11-21(29-18-4-2-1-3-16(17)18)6-5-20(26)23(8-7-21)13-19(25)22-12-15-14-27-9-10-28-15/h1-4,15H,5-14H2,(H,22,25)/t15-,21-/m1/s1. The first kappa shape index (κ1) is 19.8. The van der Waals surface area contributed by atoms with E-state index in [-0.39, 0.29) is 43.1 Å². The quantitative estimate of drug-likeness (QED) is 0.806. The molecule has 3 aliphatic heterocycles. The summed E-state index contributed by atoms with van der Waals surface area (Å²) >= 11 is 0. The lowest BCUT2D eigenvalue weighted by atomic mass is 9.84. The molecule has 2 fully saturated rings. The maximum absolute atomic E-state index is 12.6. The minimum absolute atomic E-state index is 0.00692. The molecule has 1 N–H and O–H groups in total. The van der Waals surface area contributed by atoms with Gasteiger partial charge in [-0.05, 0) is 18.6 Å². The van der Waals surface area contributed by atoms with Crippen molar-refractivity contribution in [3.8, 4) is 5.75 Å². The van der Waals surface area contributed by atoms with E-state index in [0.717, 1.165) is 0 Å². The second-order valence-corrected chi connectivity index (χ2v) is 7.82. The number of carbonyl (C=O) groups is 3. The molecule has 2 saturated heterocycles. The number of rotatable bonds is 4. The highest BCUT2D eigenvalue weighted by Crippen LogP contribution is 2.39. The van der Waals surface area contributed by atoms with Gasteiger partial charge in [0.25, 0.3) is 0 Å². The van der Waals surface area contributed by atoms with Crippen molar-refractivity contribution in [3.63, 3.8) is 0 Å². The van der Waals surface area contributed by atoms with Crippen LogP contribution in [0.2, 0.25) is 0 Å². The number of nitrogens with zero attached hydrogens (tertiary/aromatic N) is 1. The summed E-state index contributed by atoms with van der Waals surface area (Å²) in [5.74, 6) is 0.302. The summed E-state index contributed by atoms with van der Waals surface area (Å²) < 4.78 is 17.0. The molecule has 8 heteroatoms.